The number of hydrogen-bond donors (Lipinski definition) is 1. The van der Waals surface area contributed by atoms with Crippen LogP contribution in [-0.2, 0) is 4.79 Å². The predicted octanol–water partition coefficient (Wildman–Crippen LogP) is 2.79. The van der Waals surface area contributed by atoms with E-state index in [1.165, 1.54) is 24.6 Å². The van der Waals surface area contributed by atoms with Crippen molar-refractivity contribution >= 4 is 22.5 Å². The van der Waals surface area contributed by atoms with Crippen LogP contribution in [0.1, 0.15) is 31.9 Å². The highest BCUT2D eigenvalue weighted by molar-refractivity contribution is 5.99. The Balaban J connectivity index is 1.66. The minimum atomic E-state index is 0.220. The molecule has 1 amide bonds. The van der Waals surface area contributed by atoms with Gasteiger partial charge >= 0.3 is 0 Å². The third-order valence-electron chi connectivity index (χ3n) is 6.35. The summed E-state index contributed by atoms with van der Waals surface area (Å²) in [5.41, 5.74) is 3.44. The number of hydrogen-bond acceptors (Lipinski definition) is 1. The quantitative estimate of drug-likeness (QED) is 0.809. The highest BCUT2D eigenvalue weighted by atomic mass is 16.2. The number of H-pyrrole nitrogens is 1. The first kappa shape index (κ1) is 13.3. The van der Waals surface area contributed by atoms with Crippen LogP contribution in [-0.4, -0.2) is 39.4 Å². The van der Waals surface area contributed by atoms with Gasteiger partial charge in [0.15, 0.2) is 6.04 Å². The minimum Gasteiger partial charge on any atom is -0.350 e. The Hall–Kier alpha value is -2.10. The molecule has 5 rings (SSSR count). The van der Waals surface area contributed by atoms with Gasteiger partial charge in [0.1, 0.15) is 11.6 Å². The van der Waals surface area contributed by atoms with Gasteiger partial charge in [0.05, 0.1) is 7.05 Å². The SMILES string of the molecule is C/C(c1cc2ccccc2[nH]1)=[N+]1\[C@H]2C(C(=O)N1C)[C@@H]1CC[C@H]2C1. The Bertz CT molecular complexity index is 816. The van der Waals surface area contributed by atoms with Crippen LogP contribution < -0.4 is 0 Å². The normalized spacial score (nSPS) is 34.5. The molecule has 2 aromatic rings. The summed E-state index contributed by atoms with van der Waals surface area (Å²) in [5, 5.41) is 3.10. The van der Waals surface area contributed by atoms with Crippen molar-refractivity contribution in [3.8, 4) is 0 Å². The molecule has 1 aromatic carbocycles. The third kappa shape index (κ3) is 1.66. The second-order valence-corrected chi connectivity index (χ2v) is 7.41. The van der Waals surface area contributed by atoms with Crippen LogP contribution in [0.4, 0.5) is 0 Å². The predicted molar refractivity (Wildman–Crippen MR) is 89.2 cm³/mol. The molecule has 2 heterocycles. The van der Waals surface area contributed by atoms with Crippen molar-refractivity contribution in [1.29, 1.82) is 0 Å². The molecule has 23 heavy (non-hydrogen) atoms. The van der Waals surface area contributed by atoms with Crippen molar-refractivity contribution in [2.24, 2.45) is 17.8 Å². The molecule has 2 saturated carbocycles. The molecular formula is C19H22N3O+. The number of aromatic amines is 1. The number of nitrogens with zero attached hydrogens (tertiary/aromatic N) is 2. The molecule has 2 aliphatic carbocycles. The Morgan fingerprint density at radius 3 is 2.87 bits per heavy atom. The van der Waals surface area contributed by atoms with E-state index in [9.17, 15) is 4.79 Å². The third-order valence-corrected chi connectivity index (χ3v) is 6.35. The number of benzene rings is 1. The number of carbonyl (C=O) groups is 1. The van der Waals surface area contributed by atoms with Crippen LogP contribution in [0.3, 0.4) is 0 Å². The number of amides is 1. The van der Waals surface area contributed by atoms with Crippen LogP contribution in [0.2, 0.25) is 0 Å². The van der Waals surface area contributed by atoms with Crippen molar-refractivity contribution < 1.29 is 9.48 Å². The van der Waals surface area contributed by atoms with E-state index in [0.29, 0.717) is 23.8 Å². The maximum atomic E-state index is 12.8. The average Bonchev–Trinajstić information content (AvgIpc) is 3.30. The summed E-state index contributed by atoms with van der Waals surface area (Å²) < 4.78 is 2.28. The van der Waals surface area contributed by atoms with Crippen LogP contribution in [0, 0.1) is 17.8 Å². The molecule has 1 unspecified atom stereocenters. The fourth-order valence-corrected chi connectivity index (χ4v) is 5.32. The highest BCUT2D eigenvalue weighted by Crippen LogP contribution is 2.53. The van der Waals surface area contributed by atoms with Crippen LogP contribution in [0.25, 0.3) is 10.9 Å². The first-order valence-corrected chi connectivity index (χ1v) is 8.63. The van der Waals surface area contributed by atoms with E-state index < -0.39 is 0 Å². The lowest BCUT2D eigenvalue weighted by Crippen LogP contribution is -2.38. The second-order valence-electron chi connectivity index (χ2n) is 7.41. The number of hydrazine groups is 1. The van der Waals surface area contributed by atoms with Gasteiger partial charge < -0.3 is 4.98 Å². The number of para-hydroxylation sites is 1. The summed E-state index contributed by atoms with van der Waals surface area (Å²) in [6, 6.07) is 10.9. The molecule has 118 valence electrons. The molecule has 3 fully saturated rings. The summed E-state index contributed by atoms with van der Waals surface area (Å²) in [6.07, 6.45) is 3.76. The summed E-state index contributed by atoms with van der Waals surface area (Å²) in [6.45, 7) is 2.14. The molecule has 2 bridgehead atoms. The van der Waals surface area contributed by atoms with E-state index in [0.717, 1.165) is 16.9 Å². The van der Waals surface area contributed by atoms with Gasteiger partial charge in [-0.2, -0.15) is 0 Å². The van der Waals surface area contributed by atoms with Gasteiger partial charge in [0.25, 0.3) is 5.91 Å². The molecule has 1 aromatic heterocycles. The van der Waals surface area contributed by atoms with E-state index in [2.05, 4.69) is 46.9 Å². The first-order valence-electron chi connectivity index (χ1n) is 8.63. The monoisotopic (exact) mass is 308 g/mol. The van der Waals surface area contributed by atoms with Crippen molar-refractivity contribution in [3.05, 3.63) is 36.0 Å². The fourth-order valence-electron chi connectivity index (χ4n) is 5.32. The maximum Gasteiger partial charge on any atom is 0.287 e. The highest BCUT2D eigenvalue weighted by Gasteiger charge is 2.64. The van der Waals surface area contributed by atoms with Gasteiger partial charge in [-0.05, 0) is 37.3 Å². The largest absolute Gasteiger partial charge is 0.350 e. The lowest BCUT2D eigenvalue weighted by molar-refractivity contribution is -0.684. The molecular weight excluding hydrogens is 286 g/mol. The number of nitrogens with one attached hydrogen (secondary N) is 1. The molecule has 3 aliphatic rings. The van der Waals surface area contributed by atoms with E-state index >= 15 is 0 Å². The molecule has 4 nitrogen and oxygen atoms in total. The number of carbonyl (C=O) groups excluding carboxylic acids is 1. The van der Waals surface area contributed by atoms with E-state index in [1.54, 1.807) is 0 Å². The van der Waals surface area contributed by atoms with Crippen LogP contribution >= 0.6 is 0 Å². The zero-order valence-corrected chi connectivity index (χ0v) is 13.6. The minimum absolute atomic E-state index is 0.220. The average molecular weight is 308 g/mol. The number of hydrazone groups is 1. The van der Waals surface area contributed by atoms with Gasteiger partial charge in [-0.25, -0.2) is 0 Å². The lowest BCUT2D eigenvalue weighted by atomic mass is 9.85. The zero-order chi connectivity index (χ0) is 15.7. The molecule has 1 aliphatic heterocycles. The molecule has 1 N–H and O–H groups in total. The van der Waals surface area contributed by atoms with Crippen LogP contribution in [0.5, 0.6) is 0 Å². The first-order chi connectivity index (χ1) is 11.1. The van der Waals surface area contributed by atoms with Crippen molar-refractivity contribution in [2.45, 2.75) is 32.2 Å². The number of rotatable bonds is 1. The van der Waals surface area contributed by atoms with Gasteiger partial charge in [0.2, 0.25) is 5.71 Å². The van der Waals surface area contributed by atoms with Crippen molar-refractivity contribution in [1.82, 2.24) is 9.99 Å². The molecule has 4 heteroatoms. The van der Waals surface area contributed by atoms with E-state index in [1.807, 2.05) is 12.1 Å². The molecule has 4 atom stereocenters. The van der Waals surface area contributed by atoms with Crippen molar-refractivity contribution in [2.75, 3.05) is 7.05 Å². The van der Waals surface area contributed by atoms with E-state index in [4.69, 9.17) is 0 Å². The Morgan fingerprint density at radius 1 is 1.26 bits per heavy atom. The summed E-state index contributed by atoms with van der Waals surface area (Å²) in [7, 11) is 1.94. The van der Waals surface area contributed by atoms with Gasteiger partial charge in [-0.15, -0.1) is 9.69 Å². The standard InChI is InChI=1S/C19H21N3O/c1-11(16-10-12-5-3-4-6-15(12)20-16)22-18-14-8-7-13(9-14)17(18)19(23)21(22)2/h3-6,10,13-14,17-18H,7-9H2,1-2H3/p+1/t13-,14+,17?,18-/m1/s1. The maximum absolute atomic E-state index is 12.8. The topological polar surface area (TPSA) is 39.1 Å². The summed E-state index contributed by atoms with van der Waals surface area (Å²) in [4.78, 5) is 16.3. The van der Waals surface area contributed by atoms with Gasteiger partial charge in [-0.3, -0.25) is 4.79 Å². The molecule has 0 radical (unpaired) electrons. The Morgan fingerprint density at radius 2 is 2.04 bits per heavy atom. The lowest BCUT2D eigenvalue weighted by Gasteiger charge is -2.18. The molecule has 1 saturated heterocycles. The summed E-state index contributed by atoms with van der Waals surface area (Å²) >= 11 is 0. The van der Waals surface area contributed by atoms with E-state index in [-0.39, 0.29) is 5.92 Å². The Kier molecular flexibility index (Phi) is 2.59. The smallest absolute Gasteiger partial charge is 0.287 e. The number of aromatic nitrogens is 1. The second kappa shape index (κ2) is 4.47. The van der Waals surface area contributed by atoms with Gasteiger partial charge in [0, 0.05) is 23.7 Å². The fraction of sp³-hybridized carbons (Fsp3) is 0.474. The Labute approximate surface area is 135 Å². The number of fused-ring (bicyclic) bond motifs is 6. The van der Waals surface area contributed by atoms with Gasteiger partial charge in [-0.1, -0.05) is 18.2 Å². The molecule has 0 spiro atoms. The van der Waals surface area contributed by atoms with Crippen molar-refractivity contribution in [3.63, 3.8) is 0 Å². The zero-order valence-electron chi connectivity index (χ0n) is 13.6. The van der Waals surface area contributed by atoms with Crippen LogP contribution in [0.15, 0.2) is 30.3 Å². The summed E-state index contributed by atoms with van der Waals surface area (Å²) in [5.74, 6) is 1.83.